The topological polar surface area (TPSA) is 106 Å². The lowest BCUT2D eigenvalue weighted by molar-refractivity contribution is 0.101. The van der Waals surface area contributed by atoms with E-state index >= 15 is 0 Å². The number of carbonyl (C=O) groups excluding carboxylic acids is 1. The van der Waals surface area contributed by atoms with Crippen LogP contribution in [0.2, 0.25) is 0 Å². The maximum Gasteiger partial charge on any atom is 0.299 e. The largest absolute Gasteiger partial charge is 0.299 e. The summed E-state index contributed by atoms with van der Waals surface area (Å²) in [6, 6.07) is 6.80. The molecule has 3 rings (SSSR count). The summed E-state index contributed by atoms with van der Waals surface area (Å²) in [5.41, 5.74) is 1.95. The van der Waals surface area contributed by atoms with E-state index in [4.69, 9.17) is 0 Å². The second-order valence-electron chi connectivity index (χ2n) is 5.69. The van der Waals surface area contributed by atoms with Gasteiger partial charge in [-0.1, -0.05) is 6.07 Å². The molecular formula is C16H17N5O3S2. The van der Waals surface area contributed by atoms with Gasteiger partial charge in [-0.05, 0) is 45.2 Å². The lowest BCUT2D eigenvalue weighted by Crippen LogP contribution is -2.17. The highest BCUT2D eigenvalue weighted by Gasteiger charge is 2.25. The summed E-state index contributed by atoms with van der Waals surface area (Å²) < 4.78 is 29.5. The van der Waals surface area contributed by atoms with Crippen LogP contribution in [0.4, 0.5) is 5.69 Å². The van der Waals surface area contributed by atoms with Crippen LogP contribution in [-0.4, -0.2) is 40.0 Å². The van der Waals surface area contributed by atoms with Crippen molar-refractivity contribution in [3.8, 4) is 0 Å². The minimum absolute atomic E-state index is 0.202. The van der Waals surface area contributed by atoms with E-state index in [1.54, 1.807) is 44.4 Å². The quantitative estimate of drug-likeness (QED) is 0.526. The first-order valence-corrected chi connectivity index (χ1v) is 10.4. The Bertz CT molecular complexity index is 1120. The van der Waals surface area contributed by atoms with E-state index in [0.29, 0.717) is 10.6 Å². The normalized spacial score (nSPS) is 11.7. The Morgan fingerprint density at radius 3 is 2.62 bits per heavy atom. The first-order valence-electron chi connectivity index (χ1n) is 7.64. The molecule has 2 heterocycles. The molecule has 0 spiro atoms. The van der Waals surface area contributed by atoms with E-state index in [1.165, 1.54) is 23.2 Å². The molecule has 136 valence electrons. The Morgan fingerprint density at radius 1 is 1.23 bits per heavy atom. The van der Waals surface area contributed by atoms with Crippen molar-refractivity contribution in [3.63, 3.8) is 0 Å². The third-order valence-corrected chi connectivity index (χ3v) is 5.61. The summed E-state index contributed by atoms with van der Waals surface area (Å²) in [6.45, 7) is 4.97. The van der Waals surface area contributed by atoms with Crippen LogP contribution in [-0.2, 0) is 10.0 Å². The number of Topliss-reactive ketones (excluding diaryl/α,β-unsaturated/α-hetero) is 1. The van der Waals surface area contributed by atoms with Crippen LogP contribution in [0.3, 0.4) is 0 Å². The number of nitrogens with one attached hydrogen (secondary N) is 1. The van der Waals surface area contributed by atoms with Crippen molar-refractivity contribution in [1.82, 2.24) is 19.6 Å². The van der Waals surface area contributed by atoms with Gasteiger partial charge in [-0.2, -0.15) is 13.4 Å². The van der Waals surface area contributed by atoms with Crippen LogP contribution < -0.4 is 4.72 Å². The summed E-state index contributed by atoms with van der Waals surface area (Å²) in [5.74, 6) is -0.0393. The summed E-state index contributed by atoms with van der Waals surface area (Å²) in [4.78, 5) is 20.8. The number of aryl methyl sites for hydroxylation is 2. The number of hydrogen-bond donors (Lipinski definition) is 1. The van der Waals surface area contributed by atoms with Crippen molar-refractivity contribution in [1.29, 1.82) is 0 Å². The number of aromatic nitrogens is 4. The number of anilines is 1. The molecule has 0 unspecified atom stereocenters. The molecule has 0 fully saturated rings. The van der Waals surface area contributed by atoms with Crippen LogP contribution in [0.1, 0.15) is 28.7 Å². The van der Waals surface area contributed by atoms with Gasteiger partial charge in [-0.15, -0.1) is 16.9 Å². The molecule has 1 N–H and O–H groups in total. The number of ketones is 1. The zero-order valence-electron chi connectivity index (χ0n) is 14.6. The zero-order valence-corrected chi connectivity index (χ0v) is 16.3. The predicted octanol–water partition coefficient (Wildman–Crippen LogP) is 2.47. The zero-order chi connectivity index (χ0) is 19.1. The number of fused-ring (bicyclic) bond motifs is 1. The van der Waals surface area contributed by atoms with Crippen molar-refractivity contribution < 1.29 is 13.2 Å². The fourth-order valence-electron chi connectivity index (χ4n) is 2.54. The first-order chi connectivity index (χ1) is 12.2. The molecule has 1 aromatic carbocycles. The molecule has 3 aromatic rings. The number of nitrogens with zero attached hydrogens (tertiary/aromatic N) is 4. The summed E-state index contributed by atoms with van der Waals surface area (Å²) in [5, 5.41) is 3.65. The number of para-hydroxylation sites is 1. The predicted molar refractivity (Wildman–Crippen MR) is 99.3 cm³/mol. The minimum Gasteiger partial charge on any atom is -0.294 e. The Morgan fingerprint density at radius 2 is 1.96 bits per heavy atom. The van der Waals surface area contributed by atoms with Crippen LogP contribution >= 0.6 is 11.8 Å². The van der Waals surface area contributed by atoms with E-state index in [1.807, 2.05) is 0 Å². The van der Waals surface area contributed by atoms with Crippen molar-refractivity contribution in [2.75, 3.05) is 11.0 Å². The molecular weight excluding hydrogens is 374 g/mol. The molecule has 0 bridgehead atoms. The van der Waals surface area contributed by atoms with Gasteiger partial charge in [0.25, 0.3) is 21.0 Å². The number of benzene rings is 1. The molecule has 26 heavy (non-hydrogen) atoms. The molecule has 8 nitrogen and oxygen atoms in total. The summed E-state index contributed by atoms with van der Waals surface area (Å²) >= 11 is 1.33. The molecule has 0 aliphatic carbocycles. The monoisotopic (exact) mass is 391 g/mol. The molecule has 0 radical (unpaired) electrons. The van der Waals surface area contributed by atoms with Crippen LogP contribution in [0, 0.1) is 13.8 Å². The van der Waals surface area contributed by atoms with Gasteiger partial charge in [0.1, 0.15) is 0 Å². The number of thioether (sulfide) groups is 1. The van der Waals surface area contributed by atoms with Gasteiger partial charge in [0, 0.05) is 21.8 Å². The number of rotatable bonds is 5. The second-order valence-corrected chi connectivity index (χ2v) is 8.11. The third kappa shape index (κ3) is 3.29. The second kappa shape index (κ2) is 6.69. The number of sulfonamides is 1. The van der Waals surface area contributed by atoms with E-state index in [-0.39, 0.29) is 22.8 Å². The third-order valence-electron chi connectivity index (χ3n) is 3.70. The number of carbonyl (C=O) groups is 1. The molecule has 0 aliphatic rings. The van der Waals surface area contributed by atoms with Crippen molar-refractivity contribution in [3.05, 3.63) is 41.2 Å². The Balaban J connectivity index is 2.11. The standard InChI is InChI=1S/C16H17N5O3S2/c1-9-8-10(2)21-15(17-9)18-16(19-21)26(23,24)20-14-12(11(3)22)6-5-7-13(14)25-4/h5-8,20H,1-4H3. The first kappa shape index (κ1) is 18.3. The molecule has 2 aromatic heterocycles. The maximum atomic E-state index is 12.8. The molecule has 0 saturated carbocycles. The fraction of sp³-hybridized carbons (Fsp3) is 0.250. The summed E-state index contributed by atoms with van der Waals surface area (Å²) in [7, 11) is -4.09. The van der Waals surface area contributed by atoms with E-state index in [9.17, 15) is 13.2 Å². The van der Waals surface area contributed by atoms with Crippen molar-refractivity contribution in [2.24, 2.45) is 0 Å². The average molecular weight is 391 g/mol. The van der Waals surface area contributed by atoms with Crippen LogP contribution in [0.15, 0.2) is 34.3 Å². The van der Waals surface area contributed by atoms with Crippen molar-refractivity contribution in [2.45, 2.75) is 30.8 Å². The minimum atomic E-state index is -4.09. The smallest absolute Gasteiger partial charge is 0.294 e. The molecule has 0 aliphatic heterocycles. The van der Waals surface area contributed by atoms with Gasteiger partial charge in [-0.25, -0.2) is 9.50 Å². The highest BCUT2D eigenvalue weighted by atomic mass is 32.2. The van der Waals surface area contributed by atoms with Gasteiger partial charge in [-0.3, -0.25) is 9.52 Å². The molecule has 0 atom stereocenters. The Labute approximate surface area is 155 Å². The highest BCUT2D eigenvalue weighted by Crippen LogP contribution is 2.31. The van der Waals surface area contributed by atoms with Gasteiger partial charge in [0.15, 0.2) is 5.78 Å². The SMILES string of the molecule is CSc1cccc(C(C)=O)c1NS(=O)(=O)c1nc2nc(C)cc(C)n2n1. The van der Waals surface area contributed by atoms with Gasteiger partial charge in [0.05, 0.1) is 5.69 Å². The average Bonchev–Trinajstić information content (AvgIpc) is 2.99. The summed E-state index contributed by atoms with van der Waals surface area (Å²) in [6.07, 6.45) is 1.80. The van der Waals surface area contributed by atoms with Gasteiger partial charge in [0.2, 0.25) is 0 Å². The lowest BCUT2D eigenvalue weighted by Gasteiger charge is -2.13. The van der Waals surface area contributed by atoms with E-state index in [2.05, 4.69) is 19.8 Å². The molecule has 0 saturated heterocycles. The van der Waals surface area contributed by atoms with Crippen molar-refractivity contribution >= 4 is 39.0 Å². The van der Waals surface area contributed by atoms with Crippen LogP contribution in [0.25, 0.3) is 5.78 Å². The maximum absolute atomic E-state index is 12.8. The van der Waals surface area contributed by atoms with Crippen LogP contribution in [0.5, 0.6) is 0 Å². The fourth-order valence-corrected chi connectivity index (χ4v) is 4.16. The lowest BCUT2D eigenvalue weighted by atomic mass is 10.1. The van der Waals surface area contributed by atoms with E-state index < -0.39 is 15.2 Å². The van der Waals surface area contributed by atoms with E-state index in [0.717, 1.165) is 5.69 Å². The highest BCUT2D eigenvalue weighted by molar-refractivity contribution is 7.99. The number of hydrogen-bond acceptors (Lipinski definition) is 7. The van der Waals surface area contributed by atoms with Gasteiger partial charge < -0.3 is 0 Å². The molecule has 0 amide bonds. The van der Waals surface area contributed by atoms with Gasteiger partial charge >= 0.3 is 0 Å². The Hall–Kier alpha value is -2.46. The Kier molecular flexibility index (Phi) is 4.72. The molecule has 10 heteroatoms.